The Morgan fingerprint density at radius 1 is 1.29 bits per heavy atom. The maximum absolute atomic E-state index is 12.3. The predicted octanol–water partition coefficient (Wildman–Crippen LogP) is 2.39. The highest BCUT2D eigenvalue weighted by molar-refractivity contribution is 8.18. The summed E-state index contributed by atoms with van der Waals surface area (Å²) < 4.78 is 15.5. The number of amides is 2. The standard InChI is InChI=1S/C17H17NO5S/c1-4-8-23-13-6-5-12(10-14(13)22-3)11-15-16(19)18(7-9-21-2)17(20)24-15/h1,5-6,10-11H,7-9H2,2-3H3/b15-11+. The first-order valence-electron chi connectivity index (χ1n) is 7.09. The van der Waals surface area contributed by atoms with Gasteiger partial charge in [-0.2, -0.15) is 0 Å². The first kappa shape index (κ1) is 17.9. The van der Waals surface area contributed by atoms with E-state index in [0.29, 0.717) is 23.0 Å². The fourth-order valence-corrected chi connectivity index (χ4v) is 2.90. The average molecular weight is 347 g/mol. The molecule has 0 spiro atoms. The van der Waals surface area contributed by atoms with Gasteiger partial charge >= 0.3 is 0 Å². The number of hydrogen-bond acceptors (Lipinski definition) is 6. The quantitative estimate of drug-likeness (QED) is 0.557. The molecule has 1 heterocycles. The number of nitrogens with zero attached hydrogens (tertiary/aromatic N) is 1. The normalized spacial score (nSPS) is 15.7. The van der Waals surface area contributed by atoms with Crippen molar-refractivity contribution in [2.75, 3.05) is 34.0 Å². The van der Waals surface area contributed by atoms with Crippen LogP contribution in [0.25, 0.3) is 6.08 Å². The lowest BCUT2D eigenvalue weighted by Crippen LogP contribution is -2.31. The molecule has 2 amide bonds. The number of ether oxygens (including phenoxy) is 3. The highest BCUT2D eigenvalue weighted by Crippen LogP contribution is 2.34. The fourth-order valence-electron chi connectivity index (χ4n) is 2.04. The van der Waals surface area contributed by atoms with Crippen LogP contribution in [-0.4, -0.2) is 50.0 Å². The van der Waals surface area contributed by atoms with Crippen molar-refractivity contribution >= 4 is 29.0 Å². The van der Waals surface area contributed by atoms with E-state index >= 15 is 0 Å². The van der Waals surface area contributed by atoms with E-state index in [4.69, 9.17) is 20.6 Å². The Kier molecular flexibility index (Phi) is 6.29. The first-order chi connectivity index (χ1) is 11.6. The third-order valence-corrected chi connectivity index (χ3v) is 4.10. The molecule has 1 aliphatic heterocycles. The Balaban J connectivity index is 2.20. The van der Waals surface area contributed by atoms with Crippen LogP contribution in [0.1, 0.15) is 5.56 Å². The molecule has 24 heavy (non-hydrogen) atoms. The fraction of sp³-hybridized carbons (Fsp3) is 0.294. The number of methoxy groups -OCH3 is 2. The van der Waals surface area contributed by atoms with Crippen LogP contribution < -0.4 is 9.47 Å². The second-order valence-electron chi connectivity index (χ2n) is 4.73. The van der Waals surface area contributed by atoms with Crippen molar-refractivity contribution in [2.24, 2.45) is 0 Å². The summed E-state index contributed by atoms with van der Waals surface area (Å²) in [4.78, 5) is 25.7. The second kappa shape index (κ2) is 8.43. The summed E-state index contributed by atoms with van der Waals surface area (Å²) in [7, 11) is 3.03. The van der Waals surface area contributed by atoms with Gasteiger partial charge in [-0.3, -0.25) is 14.5 Å². The molecule has 1 aromatic carbocycles. The average Bonchev–Trinajstić information content (AvgIpc) is 2.85. The predicted molar refractivity (Wildman–Crippen MR) is 91.9 cm³/mol. The van der Waals surface area contributed by atoms with Gasteiger partial charge in [-0.1, -0.05) is 12.0 Å². The number of thioether (sulfide) groups is 1. The van der Waals surface area contributed by atoms with Crippen molar-refractivity contribution in [3.63, 3.8) is 0 Å². The summed E-state index contributed by atoms with van der Waals surface area (Å²) in [5.74, 6) is 3.07. The zero-order valence-corrected chi connectivity index (χ0v) is 14.2. The van der Waals surface area contributed by atoms with Gasteiger partial charge in [0.2, 0.25) is 0 Å². The van der Waals surface area contributed by atoms with Crippen molar-refractivity contribution in [1.29, 1.82) is 0 Å². The van der Waals surface area contributed by atoms with E-state index in [9.17, 15) is 9.59 Å². The van der Waals surface area contributed by atoms with Crippen molar-refractivity contribution < 1.29 is 23.8 Å². The monoisotopic (exact) mass is 347 g/mol. The van der Waals surface area contributed by atoms with Gasteiger partial charge in [0.05, 0.1) is 25.2 Å². The number of imide groups is 1. The molecule has 1 saturated heterocycles. The van der Waals surface area contributed by atoms with Gasteiger partial charge in [0.25, 0.3) is 11.1 Å². The summed E-state index contributed by atoms with van der Waals surface area (Å²) in [5, 5.41) is -0.302. The van der Waals surface area contributed by atoms with E-state index in [2.05, 4.69) is 5.92 Å². The molecular formula is C17H17NO5S. The highest BCUT2D eigenvalue weighted by atomic mass is 32.2. The maximum Gasteiger partial charge on any atom is 0.293 e. The number of rotatable bonds is 7. The summed E-state index contributed by atoms with van der Waals surface area (Å²) in [5.41, 5.74) is 0.720. The molecule has 0 N–H and O–H groups in total. The molecule has 1 aliphatic rings. The number of hydrogen-bond donors (Lipinski definition) is 0. The number of carbonyl (C=O) groups excluding carboxylic acids is 2. The summed E-state index contributed by atoms with van der Waals surface area (Å²) in [6, 6.07) is 5.18. The van der Waals surface area contributed by atoms with Crippen LogP contribution in [0.5, 0.6) is 11.5 Å². The van der Waals surface area contributed by atoms with Gasteiger partial charge < -0.3 is 14.2 Å². The lowest BCUT2D eigenvalue weighted by atomic mass is 10.2. The van der Waals surface area contributed by atoms with Crippen molar-refractivity contribution in [3.8, 4) is 23.8 Å². The van der Waals surface area contributed by atoms with E-state index in [-0.39, 0.29) is 24.3 Å². The molecule has 0 aromatic heterocycles. The Hall–Kier alpha value is -2.43. The van der Waals surface area contributed by atoms with E-state index in [1.807, 2.05) is 0 Å². The molecular weight excluding hydrogens is 330 g/mol. The maximum atomic E-state index is 12.3. The van der Waals surface area contributed by atoms with E-state index in [1.165, 1.54) is 19.1 Å². The molecule has 6 nitrogen and oxygen atoms in total. The Labute approximate surface area is 144 Å². The summed E-state index contributed by atoms with van der Waals surface area (Å²) >= 11 is 0.903. The lowest BCUT2D eigenvalue weighted by molar-refractivity contribution is -0.123. The largest absolute Gasteiger partial charge is 0.493 e. The van der Waals surface area contributed by atoms with Crippen molar-refractivity contribution in [3.05, 3.63) is 28.7 Å². The van der Waals surface area contributed by atoms with E-state index < -0.39 is 0 Å². The van der Waals surface area contributed by atoms with Gasteiger partial charge in [0.1, 0.15) is 6.61 Å². The second-order valence-corrected chi connectivity index (χ2v) is 5.72. The molecule has 0 bridgehead atoms. The minimum Gasteiger partial charge on any atom is -0.493 e. The molecule has 0 unspecified atom stereocenters. The minimum absolute atomic E-state index is 0.133. The van der Waals surface area contributed by atoms with Crippen molar-refractivity contribution in [2.45, 2.75) is 0 Å². The SMILES string of the molecule is C#CCOc1ccc(/C=C2/SC(=O)N(CCOC)C2=O)cc1OC. The molecule has 1 aromatic rings. The van der Waals surface area contributed by atoms with Crippen molar-refractivity contribution in [1.82, 2.24) is 4.90 Å². The highest BCUT2D eigenvalue weighted by Gasteiger charge is 2.34. The summed E-state index contributed by atoms with van der Waals surface area (Å²) in [6.07, 6.45) is 6.82. The van der Waals surface area contributed by atoms with Gasteiger partial charge in [-0.05, 0) is 35.5 Å². The smallest absolute Gasteiger partial charge is 0.293 e. The zero-order valence-electron chi connectivity index (χ0n) is 13.4. The topological polar surface area (TPSA) is 65.1 Å². The Morgan fingerprint density at radius 2 is 2.08 bits per heavy atom. The Bertz CT molecular complexity index is 707. The molecule has 1 fully saturated rings. The third-order valence-electron chi connectivity index (χ3n) is 3.19. The molecule has 0 radical (unpaired) electrons. The number of terminal acetylenes is 1. The van der Waals surface area contributed by atoms with Gasteiger partial charge in [0, 0.05) is 7.11 Å². The molecule has 126 valence electrons. The van der Waals surface area contributed by atoms with E-state index in [1.54, 1.807) is 24.3 Å². The molecule has 7 heteroatoms. The zero-order chi connectivity index (χ0) is 17.5. The minimum atomic E-state index is -0.325. The van der Waals surface area contributed by atoms with Crippen LogP contribution in [0.4, 0.5) is 4.79 Å². The third kappa shape index (κ3) is 4.10. The van der Waals surface area contributed by atoms with E-state index in [0.717, 1.165) is 17.3 Å². The van der Waals surface area contributed by atoms with Crippen LogP contribution in [0, 0.1) is 12.3 Å². The van der Waals surface area contributed by atoms with Crippen LogP contribution in [-0.2, 0) is 9.53 Å². The Morgan fingerprint density at radius 3 is 2.75 bits per heavy atom. The van der Waals surface area contributed by atoms with Crippen LogP contribution in [0.15, 0.2) is 23.1 Å². The van der Waals surface area contributed by atoms with Gasteiger partial charge in [0.15, 0.2) is 11.5 Å². The summed E-state index contributed by atoms with van der Waals surface area (Å²) in [6.45, 7) is 0.676. The number of carbonyl (C=O) groups is 2. The van der Waals surface area contributed by atoms with Gasteiger partial charge in [-0.15, -0.1) is 6.42 Å². The molecule has 0 aliphatic carbocycles. The first-order valence-corrected chi connectivity index (χ1v) is 7.91. The van der Waals surface area contributed by atoms with Crippen LogP contribution in [0.3, 0.4) is 0 Å². The van der Waals surface area contributed by atoms with Crippen LogP contribution in [0.2, 0.25) is 0 Å². The van der Waals surface area contributed by atoms with Gasteiger partial charge in [-0.25, -0.2) is 0 Å². The lowest BCUT2D eigenvalue weighted by Gasteiger charge is -2.11. The molecule has 0 atom stereocenters. The molecule has 0 saturated carbocycles. The van der Waals surface area contributed by atoms with Crippen LogP contribution >= 0.6 is 11.8 Å². The number of benzene rings is 1. The molecule has 2 rings (SSSR count).